The fraction of sp³-hybridized carbons (Fsp3) is 0.481. The predicted molar refractivity (Wildman–Crippen MR) is 279 cm³/mol. The molecule has 71 heavy (non-hydrogen) atoms. The highest BCUT2D eigenvalue weighted by Gasteiger charge is 2.48. The van der Waals surface area contributed by atoms with Gasteiger partial charge in [0, 0.05) is 105 Å². The summed E-state index contributed by atoms with van der Waals surface area (Å²) in [6.45, 7) is 14.1. The van der Waals surface area contributed by atoms with Gasteiger partial charge >= 0.3 is 5.51 Å². The molecular weight excluding hydrogens is 991 g/mol. The van der Waals surface area contributed by atoms with Crippen LogP contribution in [0.25, 0.3) is 5.57 Å². The number of alkyl halides is 3. The Balaban J connectivity index is 0.920. The second-order valence-electron chi connectivity index (χ2n) is 19.6. The Bertz CT molecular complexity index is 2700. The van der Waals surface area contributed by atoms with Crippen LogP contribution in [-0.4, -0.2) is 140 Å². The molecule has 3 heterocycles. The molecule has 8 rings (SSSR count). The Hall–Kier alpha value is -4.14. The van der Waals surface area contributed by atoms with Gasteiger partial charge in [-0.3, -0.25) is 9.69 Å². The van der Waals surface area contributed by atoms with E-state index < -0.39 is 47.1 Å². The molecule has 4 aliphatic rings. The number of carbonyl (C=O) groups is 1. The third-order valence-corrected chi connectivity index (χ3v) is 18.5. The summed E-state index contributed by atoms with van der Waals surface area (Å²) in [6, 6.07) is 26.2. The number of hydrogen-bond acceptors (Lipinski definition) is 12. The molecule has 2 unspecified atom stereocenters. The van der Waals surface area contributed by atoms with E-state index in [0.717, 1.165) is 145 Å². The van der Waals surface area contributed by atoms with Gasteiger partial charge in [-0.05, 0) is 135 Å². The molecule has 3 fully saturated rings. The average molecular weight is 1060 g/mol. The number of hydrogen-bond donors (Lipinski definition) is 3. The van der Waals surface area contributed by atoms with E-state index >= 15 is 0 Å². The van der Waals surface area contributed by atoms with Crippen molar-refractivity contribution in [2.45, 2.75) is 78.1 Å². The van der Waals surface area contributed by atoms with E-state index in [9.17, 15) is 34.8 Å². The fourth-order valence-electron chi connectivity index (χ4n) is 10.3. The van der Waals surface area contributed by atoms with Gasteiger partial charge in [0.1, 0.15) is 4.90 Å². The lowest BCUT2D eigenvalue weighted by atomic mass is 9.71. The van der Waals surface area contributed by atoms with Crippen molar-refractivity contribution in [3.8, 4) is 0 Å². The van der Waals surface area contributed by atoms with E-state index in [1.54, 1.807) is 12.1 Å². The molecule has 2 atom stereocenters. The minimum absolute atomic E-state index is 0.00711. The molecule has 1 amide bonds. The van der Waals surface area contributed by atoms with E-state index in [2.05, 4.69) is 49.3 Å². The number of amides is 1. The molecule has 0 radical (unpaired) electrons. The first-order valence-corrected chi connectivity index (χ1v) is 28.9. The highest BCUT2D eigenvalue weighted by atomic mass is 35.5. The van der Waals surface area contributed by atoms with Crippen molar-refractivity contribution < 1.29 is 34.8 Å². The summed E-state index contributed by atoms with van der Waals surface area (Å²) in [5.74, 6) is -0.614. The van der Waals surface area contributed by atoms with Gasteiger partial charge in [-0.15, -0.1) is 11.8 Å². The van der Waals surface area contributed by atoms with Crippen LogP contribution in [0, 0.1) is 5.41 Å². The molecule has 0 bridgehead atoms. The van der Waals surface area contributed by atoms with Crippen LogP contribution in [0.5, 0.6) is 0 Å². The summed E-state index contributed by atoms with van der Waals surface area (Å²) in [5.41, 5.74) is -0.955. The molecule has 3 saturated heterocycles. The number of piperidine rings is 1. The van der Waals surface area contributed by atoms with Gasteiger partial charge in [0.05, 0.1) is 10.6 Å². The number of carbonyl (C=O) groups excluding carboxylic acids is 1. The van der Waals surface area contributed by atoms with Crippen molar-refractivity contribution in [2.24, 2.45) is 5.41 Å². The zero-order valence-electron chi connectivity index (χ0n) is 40.2. The minimum atomic E-state index is -6.04. The van der Waals surface area contributed by atoms with Crippen molar-refractivity contribution in [3.63, 3.8) is 0 Å². The number of anilines is 2. The number of nitrogens with one attached hydrogen (secondary N) is 3. The van der Waals surface area contributed by atoms with Crippen LogP contribution in [0.3, 0.4) is 0 Å². The molecular formula is C52H65ClF3N7O5S3. The number of allylic oxidation sites excluding steroid dienone is 1. The van der Waals surface area contributed by atoms with Crippen LogP contribution in [0.2, 0.25) is 5.02 Å². The lowest BCUT2D eigenvalue weighted by Gasteiger charge is -2.43. The molecule has 4 aromatic carbocycles. The van der Waals surface area contributed by atoms with Gasteiger partial charge in [-0.25, -0.2) is 21.6 Å². The summed E-state index contributed by atoms with van der Waals surface area (Å²) >= 11 is 7.76. The first-order valence-electron chi connectivity index (χ1n) is 24.6. The third-order valence-electron chi connectivity index (χ3n) is 14.2. The molecule has 1 aliphatic carbocycles. The van der Waals surface area contributed by atoms with Gasteiger partial charge in [-0.2, -0.15) is 13.2 Å². The summed E-state index contributed by atoms with van der Waals surface area (Å²) in [6.07, 6.45) is 6.89. The normalized spacial score (nSPS) is 20.7. The molecule has 0 aromatic heterocycles. The molecule has 4 aromatic rings. The maximum atomic E-state index is 14.3. The Kier molecular flexibility index (Phi) is 17.5. The number of sulfonamides is 1. The summed E-state index contributed by atoms with van der Waals surface area (Å²) < 4.78 is 98.3. The molecule has 3 N–H and O–H groups in total. The maximum Gasteiger partial charge on any atom is 0.501 e. The van der Waals surface area contributed by atoms with E-state index in [-0.39, 0.29) is 16.7 Å². The topological polar surface area (TPSA) is 134 Å². The summed E-state index contributed by atoms with van der Waals surface area (Å²) in [4.78, 5) is 21.9. The second-order valence-corrected chi connectivity index (χ2v) is 24.7. The van der Waals surface area contributed by atoms with Crippen LogP contribution in [0.15, 0.2) is 117 Å². The molecule has 384 valence electrons. The van der Waals surface area contributed by atoms with Crippen molar-refractivity contribution in [3.05, 3.63) is 119 Å². The summed E-state index contributed by atoms with van der Waals surface area (Å²) in [7, 11) is -10.9. The van der Waals surface area contributed by atoms with Crippen molar-refractivity contribution in [1.82, 2.24) is 24.7 Å². The van der Waals surface area contributed by atoms with Gasteiger partial charge in [0.25, 0.3) is 25.8 Å². The Morgan fingerprint density at radius 2 is 1.51 bits per heavy atom. The number of piperazine rings is 2. The molecule has 3 aliphatic heterocycles. The quantitative estimate of drug-likeness (QED) is 0.0823. The van der Waals surface area contributed by atoms with Crippen LogP contribution in [0.4, 0.5) is 24.5 Å². The van der Waals surface area contributed by atoms with E-state index in [0.29, 0.717) is 24.8 Å². The number of nitrogens with zero attached hydrogens (tertiary/aromatic N) is 4. The average Bonchev–Trinajstić information content (AvgIpc) is 3.36. The van der Waals surface area contributed by atoms with Gasteiger partial charge < -0.3 is 25.3 Å². The standard InChI is InChI=1S/C52H65ClF3N7O5S3/c1-51(38-62-28-23-57-24-29-62)22-20-47(39-10-14-42(53)15-11-39)41(35-51)36-61-30-32-63(33-31-61)44-16-12-40(13-17-44)50(64)59-71(67,68)46-18-19-48(49(34-46)70(65,66)52(54,55)56)58-43(21-27-60-25-6-3-7-26-60)37-69-45-8-4-2-5-9-45/h2,4-5,8-19,34,43,57-58H,3,6-7,20-33,35-38H2,1H3,(H,59,64). The molecule has 0 saturated carbocycles. The Labute approximate surface area is 426 Å². The zero-order valence-corrected chi connectivity index (χ0v) is 43.4. The first kappa shape index (κ1) is 53.2. The maximum absolute atomic E-state index is 14.3. The molecule has 12 nitrogen and oxygen atoms in total. The van der Waals surface area contributed by atoms with E-state index in [1.807, 2.05) is 47.2 Å². The highest BCUT2D eigenvalue weighted by Crippen LogP contribution is 2.44. The molecule has 0 spiro atoms. The summed E-state index contributed by atoms with van der Waals surface area (Å²) in [5, 5.41) is 7.22. The largest absolute Gasteiger partial charge is 0.501 e. The first-order chi connectivity index (χ1) is 33.9. The smallest absolute Gasteiger partial charge is 0.380 e. The number of sulfone groups is 1. The van der Waals surface area contributed by atoms with Gasteiger partial charge in [-0.1, -0.05) is 60.9 Å². The highest BCUT2D eigenvalue weighted by molar-refractivity contribution is 7.99. The third kappa shape index (κ3) is 13.9. The van der Waals surface area contributed by atoms with Crippen LogP contribution in [-0.2, 0) is 19.9 Å². The predicted octanol–water partition coefficient (Wildman–Crippen LogP) is 8.87. The lowest BCUT2D eigenvalue weighted by molar-refractivity contribution is -0.0435. The number of benzene rings is 4. The Morgan fingerprint density at radius 1 is 0.817 bits per heavy atom. The lowest BCUT2D eigenvalue weighted by Crippen LogP contribution is -2.49. The minimum Gasteiger partial charge on any atom is -0.380 e. The van der Waals surface area contributed by atoms with Crippen LogP contribution in [0.1, 0.15) is 67.8 Å². The number of thioether (sulfide) groups is 1. The van der Waals surface area contributed by atoms with E-state index in [1.165, 1.54) is 40.6 Å². The fourth-order valence-corrected chi connectivity index (χ4v) is 13.4. The van der Waals surface area contributed by atoms with Crippen molar-refractivity contribution in [2.75, 3.05) is 101 Å². The van der Waals surface area contributed by atoms with Crippen molar-refractivity contribution in [1.29, 1.82) is 0 Å². The number of halogens is 4. The zero-order chi connectivity index (χ0) is 50.2. The number of rotatable bonds is 18. The number of likely N-dealkylation sites (tertiary alicyclic amines) is 1. The SMILES string of the molecule is CC1(CN2CCNCC2)CCC(c2ccc(Cl)cc2)=C(CN2CCN(c3ccc(C(=O)NS(=O)(=O)c4ccc(NC(CCN5CCCCC5)CSc5ccccc5)c(S(=O)(=O)C(F)(F)F)c4)cc3)CC2)C1. The molecule has 19 heteroatoms. The van der Waals surface area contributed by atoms with Gasteiger partial charge in [0.2, 0.25) is 0 Å². The van der Waals surface area contributed by atoms with E-state index in [4.69, 9.17) is 11.6 Å². The Morgan fingerprint density at radius 3 is 2.18 bits per heavy atom. The van der Waals surface area contributed by atoms with Crippen LogP contribution < -0.4 is 20.3 Å². The van der Waals surface area contributed by atoms with Crippen LogP contribution >= 0.6 is 23.4 Å². The van der Waals surface area contributed by atoms with Crippen molar-refractivity contribution >= 4 is 66.1 Å². The second kappa shape index (κ2) is 23.4. The monoisotopic (exact) mass is 1060 g/mol. The van der Waals surface area contributed by atoms with Gasteiger partial charge in [0.15, 0.2) is 0 Å².